The normalized spacial score (nSPS) is 13.5. The van der Waals surface area contributed by atoms with Crippen molar-refractivity contribution in [1.82, 2.24) is 9.78 Å². The minimum Gasteiger partial charge on any atom is -0.371 e. The largest absolute Gasteiger partial charge is 0.371 e. The molecule has 20 heavy (non-hydrogen) atoms. The van der Waals surface area contributed by atoms with Crippen LogP contribution in [0.2, 0.25) is 0 Å². The molecule has 0 spiro atoms. The summed E-state index contributed by atoms with van der Waals surface area (Å²) in [6.45, 7) is 2.89. The van der Waals surface area contributed by atoms with Gasteiger partial charge in [0, 0.05) is 31.5 Å². The third-order valence-corrected chi connectivity index (χ3v) is 3.69. The van der Waals surface area contributed by atoms with Gasteiger partial charge in [-0.2, -0.15) is 5.10 Å². The third-order valence-electron chi connectivity index (χ3n) is 3.69. The van der Waals surface area contributed by atoms with Crippen LogP contribution in [0.4, 0.5) is 5.69 Å². The Hall–Kier alpha value is -2.30. The van der Waals surface area contributed by atoms with E-state index in [2.05, 4.69) is 34.3 Å². The Morgan fingerprint density at radius 3 is 2.90 bits per heavy atom. The number of amides is 1. The molecule has 3 rings (SSSR count). The summed E-state index contributed by atoms with van der Waals surface area (Å²) < 4.78 is 1.78. The minimum absolute atomic E-state index is 0.330. The van der Waals surface area contributed by atoms with E-state index in [0.29, 0.717) is 5.69 Å². The fraction of sp³-hybridized carbons (Fsp3) is 0.333. The van der Waals surface area contributed by atoms with Crippen LogP contribution < -0.4 is 10.6 Å². The van der Waals surface area contributed by atoms with E-state index in [4.69, 9.17) is 5.73 Å². The van der Waals surface area contributed by atoms with Crippen molar-refractivity contribution in [3.05, 3.63) is 47.8 Å². The van der Waals surface area contributed by atoms with Gasteiger partial charge < -0.3 is 10.6 Å². The maximum atomic E-state index is 11.0. The molecule has 0 radical (unpaired) electrons. The molecule has 2 aromatic rings. The first-order valence-corrected chi connectivity index (χ1v) is 6.90. The number of anilines is 1. The lowest BCUT2D eigenvalue weighted by Gasteiger charge is -2.19. The molecule has 2 heterocycles. The van der Waals surface area contributed by atoms with Crippen LogP contribution in [-0.4, -0.2) is 28.8 Å². The molecule has 0 aliphatic carbocycles. The second-order valence-electron chi connectivity index (χ2n) is 5.05. The second-order valence-corrected chi connectivity index (χ2v) is 5.05. The summed E-state index contributed by atoms with van der Waals surface area (Å²) in [7, 11) is 0. The van der Waals surface area contributed by atoms with Gasteiger partial charge in [-0.15, -0.1) is 0 Å². The average molecular weight is 270 g/mol. The molecule has 1 amide bonds. The van der Waals surface area contributed by atoms with Crippen LogP contribution >= 0.6 is 0 Å². The maximum absolute atomic E-state index is 11.0. The molecule has 1 aliphatic heterocycles. The standard InChI is InChI=1S/C15H18N4O/c16-15(20)13-7-11-19(17-13)9-3-8-18-10-6-12-4-1-2-5-14(12)18/h1-2,4-5,7,11H,3,6,8-10H2,(H2,16,20). The van der Waals surface area contributed by atoms with Gasteiger partial charge in [-0.25, -0.2) is 0 Å². The van der Waals surface area contributed by atoms with E-state index in [1.54, 1.807) is 16.9 Å². The molecule has 1 aromatic heterocycles. The van der Waals surface area contributed by atoms with E-state index in [1.807, 2.05) is 0 Å². The highest BCUT2D eigenvalue weighted by Gasteiger charge is 2.17. The smallest absolute Gasteiger partial charge is 0.269 e. The van der Waals surface area contributed by atoms with E-state index in [1.165, 1.54) is 11.3 Å². The van der Waals surface area contributed by atoms with Crippen molar-refractivity contribution >= 4 is 11.6 Å². The predicted molar refractivity (Wildman–Crippen MR) is 77.7 cm³/mol. The average Bonchev–Trinajstić information content (AvgIpc) is 3.06. The van der Waals surface area contributed by atoms with E-state index >= 15 is 0 Å². The molecule has 0 atom stereocenters. The zero-order chi connectivity index (χ0) is 13.9. The third kappa shape index (κ3) is 2.52. The number of nitrogens with two attached hydrogens (primary N) is 1. The summed E-state index contributed by atoms with van der Waals surface area (Å²) >= 11 is 0. The fourth-order valence-electron chi connectivity index (χ4n) is 2.68. The molecule has 0 unspecified atom stereocenters. The summed E-state index contributed by atoms with van der Waals surface area (Å²) in [5, 5.41) is 4.14. The highest BCUT2D eigenvalue weighted by atomic mass is 16.1. The molecule has 1 aliphatic rings. The van der Waals surface area contributed by atoms with Crippen molar-refractivity contribution in [1.29, 1.82) is 0 Å². The van der Waals surface area contributed by atoms with Crippen molar-refractivity contribution in [2.45, 2.75) is 19.4 Å². The van der Waals surface area contributed by atoms with Gasteiger partial charge >= 0.3 is 0 Å². The molecule has 5 heteroatoms. The number of aryl methyl sites for hydroxylation is 1. The number of rotatable bonds is 5. The topological polar surface area (TPSA) is 64.2 Å². The lowest BCUT2D eigenvalue weighted by molar-refractivity contribution is 0.0994. The van der Waals surface area contributed by atoms with Gasteiger partial charge in [0.2, 0.25) is 0 Å². The summed E-state index contributed by atoms with van der Waals surface area (Å²) in [5.41, 5.74) is 8.30. The van der Waals surface area contributed by atoms with E-state index in [9.17, 15) is 4.79 Å². The van der Waals surface area contributed by atoms with Gasteiger partial charge in [0.25, 0.3) is 5.91 Å². The highest BCUT2D eigenvalue weighted by molar-refractivity contribution is 5.90. The minimum atomic E-state index is -0.475. The van der Waals surface area contributed by atoms with E-state index < -0.39 is 5.91 Å². The highest BCUT2D eigenvalue weighted by Crippen LogP contribution is 2.27. The van der Waals surface area contributed by atoms with Crippen molar-refractivity contribution < 1.29 is 4.79 Å². The molecular formula is C15H18N4O. The Labute approximate surface area is 118 Å². The van der Waals surface area contributed by atoms with Gasteiger partial charge in [0.05, 0.1) is 0 Å². The van der Waals surface area contributed by atoms with Gasteiger partial charge in [-0.1, -0.05) is 18.2 Å². The Kier molecular flexibility index (Phi) is 3.41. The Bertz CT molecular complexity index is 620. The number of fused-ring (bicyclic) bond motifs is 1. The van der Waals surface area contributed by atoms with Crippen LogP contribution in [0.1, 0.15) is 22.5 Å². The van der Waals surface area contributed by atoms with Crippen molar-refractivity contribution in [3.63, 3.8) is 0 Å². The number of benzene rings is 1. The monoisotopic (exact) mass is 270 g/mol. The summed E-state index contributed by atoms with van der Waals surface area (Å²) in [5.74, 6) is -0.475. The van der Waals surface area contributed by atoms with Gasteiger partial charge in [0.1, 0.15) is 5.69 Å². The van der Waals surface area contributed by atoms with Gasteiger partial charge in [-0.05, 0) is 30.5 Å². The van der Waals surface area contributed by atoms with Crippen LogP contribution in [0, 0.1) is 0 Å². The molecule has 0 bridgehead atoms. The number of carbonyl (C=O) groups excluding carboxylic acids is 1. The Morgan fingerprint density at radius 1 is 1.25 bits per heavy atom. The first-order valence-electron chi connectivity index (χ1n) is 6.90. The molecule has 0 saturated carbocycles. The Morgan fingerprint density at radius 2 is 2.10 bits per heavy atom. The zero-order valence-corrected chi connectivity index (χ0v) is 11.3. The molecule has 0 saturated heterocycles. The van der Waals surface area contributed by atoms with Crippen LogP contribution in [-0.2, 0) is 13.0 Å². The summed E-state index contributed by atoms with van der Waals surface area (Å²) in [6, 6.07) is 10.2. The molecule has 1 aromatic carbocycles. The van der Waals surface area contributed by atoms with Crippen molar-refractivity contribution in [2.24, 2.45) is 5.73 Å². The molecule has 104 valence electrons. The quantitative estimate of drug-likeness (QED) is 0.894. The second kappa shape index (κ2) is 5.36. The number of hydrogen-bond acceptors (Lipinski definition) is 3. The first-order chi connectivity index (χ1) is 9.74. The fourth-order valence-corrected chi connectivity index (χ4v) is 2.68. The van der Waals surface area contributed by atoms with Crippen molar-refractivity contribution in [2.75, 3.05) is 18.0 Å². The SMILES string of the molecule is NC(=O)c1ccn(CCCN2CCc3ccccc32)n1. The lowest BCUT2D eigenvalue weighted by Crippen LogP contribution is -2.23. The zero-order valence-electron chi connectivity index (χ0n) is 11.3. The predicted octanol–water partition coefficient (Wildman–Crippen LogP) is 1.43. The number of nitrogens with zero attached hydrogens (tertiary/aromatic N) is 3. The van der Waals surface area contributed by atoms with E-state index in [-0.39, 0.29) is 0 Å². The van der Waals surface area contributed by atoms with Crippen LogP contribution in [0.25, 0.3) is 0 Å². The van der Waals surface area contributed by atoms with Crippen LogP contribution in [0.3, 0.4) is 0 Å². The van der Waals surface area contributed by atoms with E-state index in [0.717, 1.165) is 32.5 Å². The number of hydrogen-bond donors (Lipinski definition) is 1. The van der Waals surface area contributed by atoms with Crippen LogP contribution in [0.5, 0.6) is 0 Å². The molecule has 5 nitrogen and oxygen atoms in total. The molecular weight excluding hydrogens is 252 g/mol. The number of para-hydroxylation sites is 1. The first kappa shape index (κ1) is 12.7. The number of primary amides is 1. The Balaban J connectivity index is 1.54. The lowest BCUT2D eigenvalue weighted by atomic mass is 10.2. The maximum Gasteiger partial charge on any atom is 0.269 e. The summed E-state index contributed by atoms with van der Waals surface area (Å²) in [4.78, 5) is 13.4. The molecule has 2 N–H and O–H groups in total. The number of aromatic nitrogens is 2. The van der Waals surface area contributed by atoms with Crippen molar-refractivity contribution in [3.8, 4) is 0 Å². The number of carbonyl (C=O) groups is 1. The van der Waals surface area contributed by atoms with Gasteiger partial charge in [0.15, 0.2) is 0 Å². The van der Waals surface area contributed by atoms with Gasteiger partial charge in [-0.3, -0.25) is 9.48 Å². The van der Waals surface area contributed by atoms with Crippen LogP contribution in [0.15, 0.2) is 36.5 Å². The molecule has 0 fully saturated rings. The summed E-state index contributed by atoms with van der Waals surface area (Å²) in [6.07, 6.45) is 3.93.